The summed E-state index contributed by atoms with van der Waals surface area (Å²) in [6.07, 6.45) is 5.37. The Labute approximate surface area is 115 Å². The predicted octanol–water partition coefficient (Wildman–Crippen LogP) is -0.361. The van der Waals surface area contributed by atoms with Crippen LogP contribution in [0.5, 0.6) is 0 Å². The van der Waals surface area contributed by atoms with Crippen LogP contribution in [-0.4, -0.2) is 48.8 Å². The molecule has 0 aliphatic rings. The first kappa shape index (κ1) is 14.2. The predicted molar refractivity (Wildman–Crippen MR) is 70.0 cm³/mol. The Morgan fingerprint density at radius 1 is 1.45 bits per heavy atom. The maximum Gasteiger partial charge on any atom is 0.306 e. The highest BCUT2D eigenvalue weighted by molar-refractivity contribution is 5.20. The van der Waals surface area contributed by atoms with Crippen LogP contribution in [0.25, 0.3) is 0 Å². The highest BCUT2D eigenvalue weighted by atomic mass is 16.6. The van der Waals surface area contributed by atoms with Crippen LogP contribution >= 0.6 is 0 Å². The number of aromatic nitrogens is 4. The molecule has 0 aromatic carbocycles. The lowest BCUT2D eigenvalue weighted by atomic mass is 10.3. The third-order valence-electron chi connectivity index (χ3n) is 2.69. The molecule has 2 aromatic heterocycles. The van der Waals surface area contributed by atoms with E-state index in [1.807, 2.05) is 12.3 Å². The lowest BCUT2D eigenvalue weighted by Crippen LogP contribution is -2.32. The Morgan fingerprint density at radius 2 is 2.30 bits per heavy atom. The quantitative estimate of drug-likeness (QED) is 0.388. The first-order valence-electron chi connectivity index (χ1n) is 6.18. The fourth-order valence-corrected chi connectivity index (χ4v) is 1.72. The van der Waals surface area contributed by atoms with Gasteiger partial charge in [-0.2, -0.15) is 10.2 Å². The van der Waals surface area contributed by atoms with E-state index in [9.17, 15) is 15.2 Å². The molecular formula is C11H16N6O3. The molecular weight excluding hydrogens is 264 g/mol. The molecule has 0 bridgehead atoms. The normalized spacial score (nSPS) is 12.4. The Morgan fingerprint density at radius 3 is 2.95 bits per heavy atom. The van der Waals surface area contributed by atoms with Crippen LogP contribution < -0.4 is 5.32 Å². The van der Waals surface area contributed by atoms with Crippen molar-refractivity contribution < 1.29 is 10.0 Å². The first-order valence-corrected chi connectivity index (χ1v) is 6.18. The van der Waals surface area contributed by atoms with E-state index in [0.717, 1.165) is 6.20 Å². The zero-order valence-electron chi connectivity index (χ0n) is 10.8. The van der Waals surface area contributed by atoms with Crippen molar-refractivity contribution in [1.29, 1.82) is 0 Å². The van der Waals surface area contributed by atoms with E-state index in [1.54, 1.807) is 10.9 Å². The summed E-state index contributed by atoms with van der Waals surface area (Å²) in [5.41, 5.74) is -0.0798. The van der Waals surface area contributed by atoms with Crippen molar-refractivity contribution in [3.63, 3.8) is 0 Å². The molecule has 0 saturated heterocycles. The van der Waals surface area contributed by atoms with Gasteiger partial charge in [0.2, 0.25) is 0 Å². The van der Waals surface area contributed by atoms with Gasteiger partial charge in [0, 0.05) is 25.5 Å². The van der Waals surface area contributed by atoms with Gasteiger partial charge in [-0.05, 0) is 6.07 Å². The van der Waals surface area contributed by atoms with E-state index in [1.165, 1.54) is 10.9 Å². The van der Waals surface area contributed by atoms with E-state index in [0.29, 0.717) is 19.6 Å². The number of rotatable bonds is 8. The first-order chi connectivity index (χ1) is 9.65. The number of nitrogens with zero attached hydrogens (tertiary/aromatic N) is 5. The average Bonchev–Trinajstić information content (AvgIpc) is 3.05. The minimum atomic E-state index is -0.660. The lowest BCUT2D eigenvalue weighted by Gasteiger charge is -2.11. The fraction of sp³-hybridized carbons (Fsp3) is 0.455. The molecule has 0 aliphatic heterocycles. The molecule has 0 spiro atoms. The smallest absolute Gasteiger partial charge is 0.306 e. The molecule has 1 atom stereocenters. The molecule has 0 saturated carbocycles. The van der Waals surface area contributed by atoms with E-state index >= 15 is 0 Å². The summed E-state index contributed by atoms with van der Waals surface area (Å²) < 4.78 is 3.15. The molecule has 20 heavy (non-hydrogen) atoms. The maximum atomic E-state index is 10.5. The van der Waals surface area contributed by atoms with Crippen LogP contribution in [0.4, 0.5) is 5.69 Å². The molecule has 2 N–H and O–H groups in total. The number of aliphatic hydroxyl groups is 1. The standard InChI is InChI=1S/C11H16N6O3/c18-11(7-12-3-5-15-4-1-2-13-15)9-16-8-10(6-14-16)17(19)20/h1-2,4,6,8,11-12,18H,3,5,7,9H2. The van der Waals surface area contributed by atoms with Crippen molar-refractivity contribution in [1.82, 2.24) is 24.9 Å². The Hall–Kier alpha value is -2.26. The van der Waals surface area contributed by atoms with Crippen LogP contribution in [0.1, 0.15) is 0 Å². The molecule has 2 rings (SSSR count). The van der Waals surface area contributed by atoms with Crippen LogP contribution in [0, 0.1) is 10.1 Å². The molecule has 9 heteroatoms. The number of hydrogen-bond donors (Lipinski definition) is 2. The molecule has 0 fully saturated rings. The zero-order valence-corrected chi connectivity index (χ0v) is 10.8. The van der Waals surface area contributed by atoms with Crippen molar-refractivity contribution in [3.05, 3.63) is 41.0 Å². The summed E-state index contributed by atoms with van der Waals surface area (Å²) in [6, 6.07) is 1.85. The van der Waals surface area contributed by atoms with Gasteiger partial charge < -0.3 is 10.4 Å². The van der Waals surface area contributed by atoms with Gasteiger partial charge in [-0.1, -0.05) is 0 Å². The molecule has 9 nitrogen and oxygen atoms in total. The van der Waals surface area contributed by atoms with Gasteiger partial charge in [-0.15, -0.1) is 0 Å². The third kappa shape index (κ3) is 4.14. The van der Waals surface area contributed by atoms with Gasteiger partial charge in [0.15, 0.2) is 0 Å². The summed E-state index contributed by atoms with van der Waals surface area (Å²) in [5.74, 6) is 0. The summed E-state index contributed by atoms with van der Waals surface area (Å²) in [4.78, 5) is 9.98. The van der Waals surface area contributed by atoms with E-state index < -0.39 is 11.0 Å². The van der Waals surface area contributed by atoms with Gasteiger partial charge in [-0.25, -0.2) is 0 Å². The second-order valence-electron chi connectivity index (χ2n) is 4.30. The molecule has 108 valence electrons. The molecule has 0 aliphatic carbocycles. The summed E-state index contributed by atoms with van der Waals surface area (Å²) in [6.45, 7) is 1.99. The Kier molecular flexibility index (Phi) is 4.80. The molecule has 0 radical (unpaired) electrons. The molecule has 2 heterocycles. The third-order valence-corrected chi connectivity index (χ3v) is 2.69. The summed E-state index contributed by atoms with van der Waals surface area (Å²) in [5, 5.41) is 31.2. The minimum Gasteiger partial charge on any atom is -0.390 e. The summed E-state index contributed by atoms with van der Waals surface area (Å²) >= 11 is 0. The Bertz CT molecular complexity index is 538. The summed E-state index contributed by atoms with van der Waals surface area (Å²) in [7, 11) is 0. The lowest BCUT2D eigenvalue weighted by molar-refractivity contribution is -0.385. The highest BCUT2D eigenvalue weighted by Gasteiger charge is 2.11. The van der Waals surface area contributed by atoms with Crippen LogP contribution in [0.2, 0.25) is 0 Å². The Balaban J connectivity index is 1.66. The van der Waals surface area contributed by atoms with Crippen molar-refractivity contribution in [2.75, 3.05) is 13.1 Å². The topological polar surface area (TPSA) is 111 Å². The van der Waals surface area contributed by atoms with Crippen LogP contribution in [-0.2, 0) is 13.1 Å². The van der Waals surface area contributed by atoms with E-state index in [2.05, 4.69) is 15.5 Å². The second kappa shape index (κ2) is 6.78. The van der Waals surface area contributed by atoms with Crippen molar-refractivity contribution in [2.24, 2.45) is 0 Å². The fourth-order valence-electron chi connectivity index (χ4n) is 1.72. The average molecular weight is 280 g/mol. The zero-order chi connectivity index (χ0) is 14.4. The molecule has 0 amide bonds. The second-order valence-corrected chi connectivity index (χ2v) is 4.30. The van der Waals surface area contributed by atoms with Crippen molar-refractivity contribution in [3.8, 4) is 0 Å². The minimum absolute atomic E-state index is 0.0798. The van der Waals surface area contributed by atoms with Crippen molar-refractivity contribution in [2.45, 2.75) is 19.2 Å². The van der Waals surface area contributed by atoms with Gasteiger partial charge in [0.1, 0.15) is 12.4 Å². The molecule has 2 aromatic rings. The van der Waals surface area contributed by atoms with Crippen LogP contribution in [0.3, 0.4) is 0 Å². The van der Waals surface area contributed by atoms with Gasteiger partial charge in [0.25, 0.3) is 0 Å². The number of hydrogen-bond acceptors (Lipinski definition) is 6. The van der Waals surface area contributed by atoms with E-state index in [4.69, 9.17) is 0 Å². The van der Waals surface area contributed by atoms with Crippen molar-refractivity contribution >= 4 is 5.69 Å². The number of nitro groups is 1. The van der Waals surface area contributed by atoms with Crippen LogP contribution in [0.15, 0.2) is 30.9 Å². The molecule has 1 unspecified atom stereocenters. The largest absolute Gasteiger partial charge is 0.390 e. The number of nitrogens with one attached hydrogen (secondary N) is 1. The van der Waals surface area contributed by atoms with E-state index in [-0.39, 0.29) is 12.2 Å². The van der Waals surface area contributed by atoms with Gasteiger partial charge in [-0.3, -0.25) is 19.5 Å². The number of aliphatic hydroxyl groups excluding tert-OH is 1. The highest BCUT2D eigenvalue weighted by Crippen LogP contribution is 2.07. The van der Waals surface area contributed by atoms with Gasteiger partial charge in [0.05, 0.1) is 24.1 Å². The van der Waals surface area contributed by atoms with Gasteiger partial charge >= 0.3 is 5.69 Å². The monoisotopic (exact) mass is 280 g/mol. The SMILES string of the molecule is O=[N+]([O-])c1cnn(CC(O)CNCCn2cccn2)c1. The maximum absolute atomic E-state index is 10.5.